The summed E-state index contributed by atoms with van der Waals surface area (Å²) in [7, 11) is 1.56. The van der Waals surface area contributed by atoms with Gasteiger partial charge in [0.2, 0.25) is 5.88 Å². The number of nitrogens with zero attached hydrogens (tertiary/aromatic N) is 3. The Balaban J connectivity index is 1.25. The lowest BCUT2D eigenvalue weighted by molar-refractivity contribution is -0.00210. The van der Waals surface area contributed by atoms with Gasteiger partial charge in [0.05, 0.1) is 37.8 Å². The van der Waals surface area contributed by atoms with Gasteiger partial charge in [0.25, 0.3) is 0 Å². The van der Waals surface area contributed by atoms with E-state index in [4.69, 9.17) is 14.2 Å². The van der Waals surface area contributed by atoms with Crippen LogP contribution in [0.4, 0.5) is 4.39 Å². The average molecular weight is 524 g/mol. The Labute approximate surface area is 221 Å². The molecule has 202 valence electrons. The molecule has 38 heavy (non-hydrogen) atoms. The first kappa shape index (κ1) is 26.3. The van der Waals surface area contributed by atoms with Gasteiger partial charge in [0, 0.05) is 23.6 Å². The first-order chi connectivity index (χ1) is 18.4. The van der Waals surface area contributed by atoms with Gasteiger partial charge in [-0.2, -0.15) is 0 Å². The van der Waals surface area contributed by atoms with Crippen molar-refractivity contribution in [1.29, 1.82) is 0 Å². The van der Waals surface area contributed by atoms with Crippen molar-refractivity contribution in [3.8, 4) is 23.1 Å². The number of benzene rings is 2. The number of likely N-dealkylation sites (tertiary alicyclic amines) is 1. The van der Waals surface area contributed by atoms with Gasteiger partial charge in [-0.3, -0.25) is 0 Å². The number of ether oxygens (including phenoxy) is 3. The minimum absolute atomic E-state index is 0.0256. The molecule has 2 aromatic carbocycles. The van der Waals surface area contributed by atoms with Crippen molar-refractivity contribution < 1.29 is 28.8 Å². The predicted molar refractivity (Wildman–Crippen MR) is 142 cm³/mol. The average Bonchev–Trinajstić information content (AvgIpc) is 3.34. The molecule has 0 bridgehead atoms. The predicted octanol–water partition coefficient (Wildman–Crippen LogP) is 4.36. The number of fused-ring (bicyclic) bond motifs is 2. The molecular weight excluding hydrogens is 489 g/mol. The van der Waals surface area contributed by atoms with E-state index in [0.29, 0.717) is 34.6 Å². The number of aromatic nitrogens is 2. The van der Waals surface area contributed by atoms with Crippen LogP contribution in [0.2, 0.25) is 0 Å². The van der Waals surface area contributed by atoms with E-state index < -0.39 is 5.82 Å². The lowest BCUT2D eigenvalue weighted by Crippen LogP contribution is -2.44. The van der Waals surface area contributed by atoms with E-state index in [0.717, 1.165) is 56.5 Å². The molecule has 9 heteroatoms. The summed E-state index contributed by atoms with van der Waals surface area (Å²) in [5.41, 5.74) is 2.88. The molecule has 1 aromatic heterocycles. The van der Waals surface area contributed by atoms with Crippen LogP contribution in [0.1, 0.15) is 37.3 Å². The maximum absolute atomic E-state index is 15.1. The zero-order chi connectivity index (χ0) is 26.7. The third kappa shape index (κ3) is 5.32. The van der Waals surface area contributed by atoms with Crippen molar-refractivity contribution in [3.63, 3.8) is 0 Å². The van der Waals surface area contributed by atoms with Crippen molar-refractivity contribution >= 4 is 17.0 Å². The molecule has 8 nitrogen and oxygen atoms in total. The lowest BCUT2D eigenvalue weighted by Gasteiger charge is -2.39. The highest BCUT2D eigenvalue weighted by Crippen LogP contribution is 2.38. The highest BCUT2D eigenvalue weighted by atomic mass is 19.1. The van der Waals surface area contributed by atoms with Gasteiger partial charge in [-0.15, -0.1) is 0 Å². The molecule has 5 rings (SSSR count). The smallest absolute Gasteiger partial charge is 0.230 e. The second-order valence-electron chi connectivity index (χ2n) is 10.3. The highest BCUT2D eigenvalue weighted by molar-refractivity contribution is 5.87. The fourth-order valence-corrected chi connectivity index (χ4v) is 5.19. The van der Waals surface area contributed by atoms with Crippen LogP contribution in [0, 0.1) is 11.2 Å². The number of rotatable bonds is 10. The number of piperidine rings is 1. The Morgan fingerprint density at radius 3 is 2.58 bits per heavy atom. The molecule has 1 aliphatic carbocycles. The van der Waals surface area contributed by atoms with Crippen LogP contribution >= 0.6 is 0 Å². The highest BCUT2D eigenvalue weighted by Gasteiger charge is 2.33. The second-order valence-corrected chi connectivity index (χ2v) is 10.3. The van der Waals surface area contributed by atoms with Gasteiger partial charge in [-0.25, -0.2) is 14.4 Å². The fourth-order valence-electron chi connectivity index (χ4n) is 5.19. The summed E-state index contributed by atoms with van der Waals surface area (Å²) in [6, 6.07) is 7.06. The van der Waals surface area contributed by atoms with Crippen molar-refractivity contribution in [1.82, 2.24) is 14.9 Å². The quantitative estimate of drug-likeness (QED) is 0.379. The van der Waals surface area contributed by atoms with Gasteiger partial charge in [-0.05, 0) is 63.4 Å². The third-order valence-corrected chi connectivity index (χ3v) is 7.65. The van der Waals surface area contributed by atoms with Gasteiger partial charge in [0.1, 0.15) is 6.33 Å². The summed E-state index contributed by atoms with van der Waals surface area (Å²) in [5.74, 6) is 1.03. The molecule has 0 spiro atoms. The standard InChI is InChI=1S/C29H34FN3O5/c1-19-12-20-4-5-24(27(30)21(20)13-19)38-28-22-14-25(36-2)26(15-23(22)31-18-32-28)37-11-3-8-33-9-6-29(16-34,17-35)7-10-33/h4-5,13-15,18,34-35H,3,6-12,16-17H2,1-2H3. The van der Waals surface area contributed by atoms with Crippen molar-refractivity contribution in [2.75, 3.05) is 46.6 Å². The van der Waals surface area contributed by atoms with E-state index in [9.17, 15) is 10.2 Å². The topological polar surface area (TPSA) is 97.2 Å². The summed E-state index contributed by atoms with van der Waals surface area (Å²) in [6.07, 6.45) is 6.37. The first-order valence-electron chi connectivity index (χ1n) is 13.0. The first-order valence-corrected chi connectivity index (χ1v) is 13.0. The van der Waals surface area contributed by atoms with Crippen LogP contribution in [0.3, 0.4) is 0 Å². The number of allylic oxidation sites excluding steroid dienone is 1. The number of methoxy groups -OCH3 is 1. The SMILES string of the molecule is COc1cc2c(Oc3ccc4c(c3F)C=C(C)C4)ncnc2cc1OCCCN1CCC(CO)(CO)CC1. The molecular formula is C29H34FN3O5. The number of halogens is 1. The van der Waals surface area contributed by atoms with Crippen molar-refractivity contribution in [3.05, 3.63) is 53.1 Å². The summed E-state index contributed by atoms with van der Waals surface area (Å²) >= 11 is 0. The second kappa shape index (κ2) is 11.2. The van der Waals surface area contributed by atoms with E-state index in [1.165, 1.54) is 6.33 Å². The third-order valence-electron chi connectivity index (χ3n) is 7.65. The number of hydrogen-bond donors (Lipinski definition) is 2. The zero-order valence-electron chi connectivity index (χ0n) is 21.9. The van der Waals surface area contributed by atoms with E-state index in [-0.39, 0.29) is 30.3 Å². The molecule has 3 aromatic rings. The molecule has 0 saturated carbocycles. The van der Waals surface area contributed by atoms with E-state index in [2.05, 4.69) is 14.9 Å². The van der Waals surface area contributed by atoms with Gasteiger partial charge >= 0.3 is 0 Å². The number of hydrogen-bond acceptors (Lipinski definition) is 8. The molecule has 2 aliphatic rings. The van der Waals surface area contributed by atoms with E-state index in [1.54, 1.807) is 25.3 Å². The van der Waals surface area contributed by atoms with Crippen LogP contribution < -0.4 is 14.2 Å². The van der Waals surface area contributed by atoms with E-state index in [1.807, 2.05) is 19.1 Å². The summed E-state index contributed by atoms with van der Waals surface area (Å²) < 4.78 is 32.7. The van der Waals surface area contributed by atoms with Gasteiger partial charge in [0.15, 0.2) is 23.1 Å². The normalized spacial score (nSPS) is 16.8. The molecule has 1 saturated heterocycles. The molecule has 0 radical (unpaired) electrons. The Kier molecular flexibility index (Phi) is 7.78. The molecule has 2 N–H and O–H groups in total. The van der Waals surface area contributed by atoms with Gasteiger partial charge < -0.3 is 29.3 Å². The molecule has 0 atom stereocenters. The summed E-state index contributed by atoms with van der Waals surface area (Å²) in [5, 5.41) is 19.8. The molecule has 0 amide bonds. The monoisotopic (exact) mass is 523 g/mol. The Morgan fingerprint density at radius 2 is 1.84 bits per heavy atom. The summed E-state index contributed by atoms with van der Waals surface area (Å²) in [4.78, 5) is 11.0. The van der Waals surface area contributed by atoms with Crippen LogP contribution in [0.25, 0.3) is 17.0 Å². The van der Waals surface area contributed by atoms with Gasteiger partial charge in [-0.1, -0.05) is 17.7 Å². The Morgan fingerprint density at radius 1 is 1.05 bits per heavy atom. The minimum Gasteiger partial charge on any atom is -0.493 e. The largest absolute Gasteiger partial charge is 0.493 e. The fraction of sp³-hybridized carbons (Fsp3) is 0.448. The maximum atomic E-state index is 15.1. The van der Waals surface area contributed by atoms with Crippen LogP contribution in [0.15, 0.2) is 36.2 Å². The Hall–Kier alpha value is -3.27. The molecule has 1 fully saturated rings. The number of aliphatic hydroxyl groups excluding tert-OH is 2. The van der Waals surface area contributed by atoms with E-state index >= 15 is 4.39 Å². The molecule has 1 aliphatic heterocycles. The van der Waals surface area contributed by atoms with Crippen molar-refractivity contribution in [2.24, 2.45) is 5.41 Å². The number of aliphatic hydroxyl groups is 2. The molecule has 2 heterocycles. The zero-order valence-corrected chi connectivity index (χ0v) is 21.9. The minimum atomic E-state index is -0.398. The van der Waals surface area contributed by atoms with Crippen LogP contribution in [-0.4, -0.2) is 71.6 Å². The molecule has 0 unspecified atom stereocenters. The lowest BCUT2D eigenvalue weighted by atomic mass is 9.80. The van der Waals surface area contributed by atoms with Crippen LogP contribution in [0.5, 0.6) is 23.1 Å². The Bertz CT molecular complexity index is 1330. The summed E-state index contributed by atoms with van der Waals surface area (Å²) in [6.45, 7) is 5.09. The van der Waals surface area contributed by atoms with Crippen molar-refractivity contribution in [2.45, 2.75) is 32.6 Å². The van der Waals surface area contributed by atoms with Crippen LogP contribution in [-0.2, 0) is 6.42 Å². The maximum Gasteiger partial charge on any atom is 0.230 e.